The summed E-state index contributed by atoms with van der Waals surface area (Å²) in [4.78, 5) is 14.1. The largest absolute Gasteiger partial charge is 0.341 e. The van der Waals surface area contributed by atoms with E-state index in [1.807, 2.05) is 0 Å². The SMILES string of the molecule is NC1(C(=O)N2CCCC(CNS(N)(=O)=O)C2)CCC1. The molecule has 1 aliphatic carbocycles. The lowest BCUT2D eigenvalue weighted by Gasteiger charge is -2.43. The third-order valence-electron chi connectivity index (χ3n) is 4.05. The van der Waals surface area contributed by atoms with Crippen LogP contribution in [0.2, 0.25) is 0 Å². The van der Waals surface area contributed by atoms with Gasteiger partial charge in [-0.25, -0.2) is 9.86 Å². The van der Waals surface area contributed by atoms with Crippen molar-refractivity contribution in [2.45, 2.75) is 37.6 Å². The maximum Gasteiger partial charge on any atom is 0.274 e. The monoisotopic (exact) mass is 290 g/mol. The number of piperidine rings is 1. The van der Waals surface area contributed by atoms with E-state index in [0.717, 1.165) is 32.1 Å². The van der Waals surface area contributed by atoms with Gasteiger partial charge in [0.25, 0.3) is 10.2 Å². The van der Waals surface area contributed by atoms with Gasteiger partial charge < -0.3 is 10.6 Å². The smallest absolute Gasteiger partial charge is 0.274 e. The summed E-state index contributed by atoms with van der Waals surface area (Å²) < 4.78 is 24.0. The lowest BCUT2D eigenvalue weighted by molar-refractivity contribution is -0.142. The van der Waals surface area contributed by atoms with Crippen molar-refractivity contribution in [3.05, 3.63) is 0 Å². The van der Waals surface area contributed by atoms with Crippen molar-refractivity contribution in [1.82, 2.24) is 9.62 Å². The lowest BCUT2D eigenvalue weighted by atomic mass is 9.76. The second-order valence-corrected chi connectivity index (χ2v) is 7.04. The van der Waals surface area contributed by atoms with Crippen molar-refractivity contribution >= 4 is 16.1 Å². The minimum absolute atomic E-state index is 0.0130. The topological polar surface area (TPSA) is 119 Å². The number of amides is 1. The van der Waals surface area contributed by atoms with E-state index >= 15 is 0 Å². The molecule has 0 aromatic heterocycles. The Hall–Kier alpha value is -0.700. The zero-order valence-electron chi connectivity index (χ0n) is 11.0. The lowest BCUT2D eigenvalue weighted by Crippen LogP contribution is -2.61. The number of hydrogen-bond donors (Lipinski definition) is 3. The molecule has 1 aliphatic heterocycles. The van der Waals surface area contributed by atoms with E-state index in [4.69, 9.17) is 10.9 Å². The maximum atomic E-state index is 12.3. The molecule has 8 heteroatoms. The maximum absolute atomic E-state index is 12.3. The third kappa shape index (κ3) is 3.65. The molecule has 19 heavy (non-hydrogen) atoms. The Morgan fingerprint density at radius 3 is 2.58 bits per heavy atom. The van der Waals surface area contributed by atoms with E-state index in [0.29, 0.717) is 13.1 Å². The Balaban J connectivity index is 1.88. The molecule has 0 spiro atoms. The molecule has 7 nitrogen and oxygen atoms in total. The highest BCUT2D eigenvalue weighted by molar-refractivity contribution is 7.87. The number of rotatable bonds is 4. The van der Waals surface area contributed by atoms with Crippen molar-refractivity contribution in [2.75, 3.05) is 19.6 Å². The van der Waals surface area contributed by atoms with Gasteiger partial charge in [0.1, 0.15) is 0 Å². The van der Waals surface area contributed by atoms with Gasteiger partial charge in [0, 0.05) is 19.6 Å². The van der Waals surface area contributed by atoms with Gasteiger partial charge in [-0.2, -0.15) is 8.42 Å². The summed E-state index contributed by atoms with van der Waals surface area (Å²) in [5, 5.41) is 4.91. The highest BCUT2D eigenvalue weighted by atomic mass is 32.2. The Morgan fingerprint density at radius 1 is 1.37 bits per heavy atom. The number of carbonyl (C=O) groups is 1. The predicted molar refractivity (Wildman–Crippen MR) is 71.2 cm³/mol. The Morgan fingerprint density at radius 2 is 2.05 bits per heavy atom. The van der Waals surface area contributed by atoms with Crippen LogP contribution in [0.1, 0.15) is 32.1 Å². The van der Waals surface area contributed by atoms with Crippen LogP contribution in [0.25, 0.3) is 0 Å². The first kappa shape index (κ1) is 14.7. The van der Waals surface area contributed by atoms with E-state index in [1.165, 1.54) is 0 Å². The fraction of sp³-hybridized carbons (Fsp3) is 0.909. The predicted octanol–water partition coefficient (Wildman–Crippen LogP) is -1.10. The molecule has 2 fully saturated rings. The molecular weight excluding hydrogens is 268 g/mol. The number of nitrogens with zero attached hydrogens (tertiary/aromatic N) is 1. The normalized spacial score (nSPS) is 26.8. The van der Waals surface area contributed by atoms with Gasteiger partial charge in [-0.1, -0.05) is 0 Å². The molecule has 110 valence electrons. The van der Waals surface area contributed by atoms with Crippen molar-refractivity contribution in [2.24, 2.45) is 16.8 Å². The molecule has 1 amide bonds. The number of nitrogens with two attached hydrogens (primary N) is 2. The Kier molecular flexibility index (Phi) is 4.14. The van der Waals surface area contributed by atoms with E-state index in [-0.39, 0.29) is 18.4 Å². The summed E-state index contributed by atoms with van der Waals surface area (Å²) in [6.07, 6.45) is 4.28. The molecule has 0 bridgehead atoms. The summed E-state index contributed by atoms with van der Waals surface area (Å²) in [6, 6.07) is 0. The van der Waals surface area contributed by atoms with Gasteiger partial charge in [0.05, 0.1) is 5.54 Å². The molecule has 2 aliphatic rings. The second kappa shape index (κ2) is 5.35. The minimum Gasteiger partial charge on any atom is -0.341 e. The van der Waals surface area contributed by atoms with Gasteiger partial charge in [-0.15, -0.1) is 0 Å². The van der Waals surface area contributed by atoms with E-state index in [1.54, 1.807) is 4.90 Å². The number of carbonyl (C=O) groups excluding carboxylic acids is 1. The molecule has 1 atom stereocenters. The number of hydrogen-bond acceptors (Lipinski definition) is 4. The highest BCUT2D eigenvalue weighted by Gasteiger charge is 2.43. The van der Waals surface area contributed by atoms with Crippen molar-refractivity contribution in [1.29, 1.82) is 0 Å². The number of nitrogens with one attached hydrogen (secondary N) is 1. The van der Waals surface area contributed by atoms with Gasteiger partial charge in [-0.05, 0) is 38.0 Å². The van der Waals surface area contributed by atoms with Crippen molar-refractivity contribution in [3.63, 3.8) is 0 Å². The van der Waals surface area contributed by atoms with Gasteiger partial charge in [-0.3, -0.25) is 4.79 Å². The zero-order valence-corrected chi connectivity index (χ0v) is 11.8. The first-order valence-electron chi connectivity index (χ1n) is 6.66. The number of likely N-dealkylation sites (tertiary alicyclic amines) is 1. The Labute approximate surface area is 113 Å². The molecule has 5 N–H and O–H groups in total. The van der Waals surface area contributed by atoms with E-state index in [9.17, 15) is 13.2 Å². The standard InChI is InChI=1S/C11H22N4O3S/c12-11(4-2-5-11)10(16)15-6-1-3-9(8-15)7-14-19(13,17)18/h9,14H,1-8,12H2,(H2,13,17,18). The average molecular weight is 290 g/mol. The molecule has 0 aromatic rings. The van der Waals surface area contributed by atoms with Crippen LogP contribution in [0.5, 0.6) is 0 Å². The van der Waals surface area contributed by atoms with Gasteiger partial charge in [0.2, 0.25) is 5.91 Å². The summed E-state index contributed by atoms with van der Waals surface area (Å²) in [5.41, 5.74) is 5.37. The van der Waals surface area contributed by atoms with Crippen LogP contribution in [-0.2, 0) is 15.0 Å². The summed E-state index contributed by atoms with van der Waals surface area (Å²) >= 11 is 0. The minimum atomic E-state index is -3.66. The molecule has 1 unspecified atom stereocenters. The quantitative estimate of drug-likeness (QED) is 0.609. The first-order valence-corrected chi connectivity index (χ1v) is 8.20. The molecule has 1 saturated carbocycles. The van der Waals surface area contributed by atoms with Crippen LogP contribution in [0.3, 0.4) is 0 Å². The van der Waals surface area contributed by atoms with Crippen LogP contribution in [0, 0.1) is 5.92 Å². The van der Waals surface area contributed by atoms with E-state index in [2.05, 4.69) is 4.72 Å². The van der Waals surface area contributed by atoms with Gasteiger partial charge in [0.15, 0.2) is 0 Å². The molecule has 0 radical (unpaired) electrons. The second-order valence-electron chi connectivity index (χ2n) is 5.66. The fourth-order valence-corrected chi connectivity index (χ4v) is 3.20. The molecule has 1 saturated heterocycles. The molecule has 1 heterocycles. The average Bonchev–Trinajstić information content (AvgIpc) is 2.32. The summed E-state index contributed by atoms with van der Waals surface area (Å²) in [5.74, 6) is 0.124. The van der Waals surface area contributed by atoms with Crippen molar-refractivity contribution in [3.8, 4) is 0 Å². The first-order chi connectivity index (χ1) is 8.80. The highest BCUT2D eigenvalue weighted by Crippen LogP contribution is 2.32. The molecule has 2 rings (SSSR count). The van der Waals surface area contributed by atoms with Crippen LogP contribution >= 0.6 is 0 Å². The molecule has 0 aromatic carbocycles. The van der Waals surface area contributed by atoms with Crippen LogP contribution in [-0.4, -0.2) is 44.4 Å². The van der Waals surface area contributed by atoms with Crippen molar-refractivity contribution < 1.29 is 13.2 Å². The summed E-state index contributed by atoms with van der Waals surface area (Å²) in [7, 11) is -3.66. The third-order valence-corrected chi connectivity index (χ3v) is 4.62. The van der Waals surface area contributed by atoms with Crippen LogP contribution in [0.4, 0.5) is 0 Å². The fourth-order valence-electron chi connectivity index (χ4n) is 2.74. The van der Waals surface area contributed by atoms with E-state index < -0.39 is 15.7 Å². The van der Waals surface area contributed by atoms with Gasteiger partial charge >= 0.3 is 0 Å². The summed E-state index contributed by atoms with van der Waals surface area (Å²) in [6.45, 7) is 1.55. The molecular formula is C11H22N4O3S. The zero-order chi connectivity index (χ0) is 14.1. The van der Waals surface area contributed by atoms with Crippen LogP contribution < -0.4 is 15.6 Å². The van der Waals surface area contributed by atoms with Crippen LogP contribution in [0.15, 0.2) is 0 Å². The Bertz CT molecular complexity index is 447.